The summed E-state index contributed by atoms with van der Waals surface area (Å²) in [4.78, 5) is 2.49. The highest BCUT2D eigenvalue weighted by molar-refractivity contribution is 5.43. The normalized spacial score (nSPS) is 15.7. The van der Waals surface area contributed by atoms with Gasteiger partial charge in [-0.3, -0.25) is 4.90 Å². The average Bonchev–Trinajstić information content (AvgIpc) is 2.55. The van der Waals surface area contributed by atoms with Crippen molar-refractivity contribution in [3.63, 3.8) is 0 Å². The van der Waals surface area contributed by atoms with Gasteiger partial charge in [0.15, 0.2) is 11.5 Å². The molecule has 5 heteroatoms. The Morgan fingerprint density at radius 3 is 2.55 bits per heavy atom. The SMILES string of the molecule is CCOc1ccc(CNCCN2CCNCC2)cc1OCC. The molecular formula is C17H29N3O2. The van der Waals surface area contributed by atoms with E-state index in [9.17, 15) is 0 Å². The van der Waals surface area contributed by atoms with E-state index in [2.05, 4.69) is 27.7 Å². The Hall–Kier alpha value is -1.30. The minimum Gasteiger partial charge on any atom is -0.490 e. The number of benzene rings is 1. The minimum atomic E-state index is 0.653. The van der Waals surface area contributed by atoms with Crippen molar-refractivity contribution in [2.24, 2.45) is 0 Å². The van der Waals surface area contributed by atoms with E-state index in [1.807, 2.05) is 19.9 Å². The van der Waals surface area contributed by atoms with Crippen molar-refractivity contribution in [3.8, 4) is 11.5 Å². The van der Waals surface area contributed by atoms with Crippen molar-refractivity contribution < 1.29 is 9.47 Å². The van der Waals surface area contributed by atoms with E-state index in [4.69, 9.17) is 9.47 Å². The fourth-order valence-electron chi connectivity index (χ4n) is 2.61. The number of hydrogen-bond acceptors (Lipinski definition) is 5. The summed E-state index contributed by atoms with van der Waals surface area (Å²) in [6, 6.07) is 6.18. The topological polar surface area (TPSA) is 45.8 Å². The molecule has 0 saturated carbocycles. The number of hydrogen-bond donors (Lipinski definition) is 2. The van der Waals surface area contributed by atoms with E-state index in [1.54, 1.807) is 0 Å². The van der Waals surface area contributed by atoms with Gasteiger partial charge in [0.05, 0.1) is 13.2 Å². The maximum atomic E-state index is 5.66. The zero-order chi connectivity index (χ0) is 15.6. The number of rotatable bonds is 9. The Kier molecular flexibility index (Phi) is 7.49. The van der Waals surface area contributed by atoms with Gasteiger partial charge in [-0.2, -0.15) is 0 Å². The lowest BCUT2D eigenvalue weighted by Crippen LogP contribution is -2.45. The van der Waals surface area contributed by atoms with E-state index < -0.39 is 0 Å². The molecule has 0 radical (unpaired) electrons. The molecule has 5 nitrogen and oxygen atoms in total. The highest BCUT2D eigenvalue weighted by Gasteiger charge is 2.09. The van der Waals surface area contributed by atoms with E-state index in [0.717, 1.165) is 57.3 Å². The number of piperazine rings is 1. The van der Waals surface area contributed by atoms with Gasteiger partial charge < -0.3 is 20.1 Å². The van der Waals surface area contributed by atoms with Crippen LogP contribution in [0.2, 0.25) is 0 Å². The highest BCUT2D eigenvalue weighted by Crippen LogP contribution is 2.28. The second-order valence-corrected chi connectivity index (χ2v) is 5.42. The second-order valence-electron chi connectivity index (χ2n) is 5.42. The van der Waals surface area contributed by atoms with Crippen LogP contribution in [0.5, 0.6) is 11.5 Å². The quantitative estimate of drug-likeness (QED) is 0.677. The van der Waals surface area contributed by atoms with Crippen molar-refractivity contribution in [1.82, 2.24) is 15.5 Å². The predicted octanol–water partition coefficient (Wildman–Crippen LogP) is 1.48. The number of ether oxygens (including phenoxy) is 2. The molecule has 0 spiro atoms. The van der Waals surface area contributed by atoms with Crippen LogP contribution in [0, 0.1) is 0 Å². The summed E-state index contributed by atoms with van der Waals surface area (Å²) in [6.45, 7) is 12.8. The third kappa shape index (κ3) is 5.48. The fraction of sp³-hybridized carbons (Fsp3) is 0.647. The molecular weight excluding hydrogens is 278 g/mol. The van der Waals surface area contributed by atoms with Gasteiger partial charge in [-0.05, 0) is 31.5 Å². The molecule has 0 aliphatic carbocycles. The van der Waals surface area contributed by atoms with Gasteiger partial charge in [0.25, 0.3) is 0 Å². The Balaban J connectivity index is 1.77. The molecule has 22 heavy (non-hydrogen) atoms. The third-order valence-corrected chi connectivity index (χ3v) is 3.75. The standard InChI is InChI=1S/C17H29N3O2/c1-3-21-16-6-5-15(13-17(16)22-4-2)14-19-9-12-20-10-7-18-8-11-20/h5-6,13,18-19H,3-4,7-12,14H2,1-2H3. The van der Waals surface area contributed by atoms with Gasteiger partial charge in [0.1, 0.15) is 0 Å². The number of nitrogens with zero attached hydrogens (tertiary/aromatic N) is 1. The molecule has 2 rings (SSSR count). The van der Waals surface area contributed by atoms with Crippen molar-refractivity contribution in [2.75, 3.05) is 52.5 Å². The summed E-state index contributed by atoms with van der Waals surface area (Å²) in [6.07, 6.45) is 0. The Morgan fingerprint density at radius 1 is 1.09 bits per heavy atom. The molecule has 1 aromatic carbocycles. The lowest BCUT2D eigenvalue weighted by atomic mass is 10.2. The lowest BCUT2D eigenvalue weighted by molar-refractivity contribution is 0.241. The summed E-state index contributed by atoms with van der Waals surface area (Å²) < 4.78 is 11.3. The molecule has 0 bridgehead atoms. The van der Waals surface area contributed by atoms with Crippen molar-refractivity contribution in [2.45, 2.75) is 20.4 Å². The monoisotopic (exact) mass is 307 g/mol. The van der Waals surface area contributed by atoms with Crippen molar-refractivity contribution in [3.05, 3.63) is 23.8 Å². The van der Waals surface area contributed by atoms with Gasteiger partial charge in [-0.1, -0.05) is 6.07 Å². The smallest absolute Gasteiger partial charge is 0.161 e. The van der Waals surface area contributed by atoms with Crippen LogP contribution >= 0.6 is 0 Å². The van der Waals surface area contributed by atoms with E-state index in [0.29, 0.717) is 13.2 Å². The van der Waals surface area contributed by atoms with Crippen LogP contribution in [0.1, 0.15) is 19.4 Å². The van der Waals surface area contributed by atoms with Crippen LogP contribution in [-0.4, -0.2) is 57.4 Å². The first-order valence-electron chi connectivity index (χ1n) is 8.35. The van der Waals surface area contributed by atoms with Gasteiger partial charge in [-0.15, -0.1) is 0 Å². The largest absolute Gasteiger partial charge is 0.490 e. The summed E-state index contributed by atoms with van der Waals surface area (Å²) in [5.74, 6) is 1.67. The molecule has 1 aliphatic heterocycles. The summed E-state index contributed by atoms with van der Waals surface area (Å²) >= 11 is 0. The van der Waals surface area contributed by atoms with E-state index in [1.165, 1.54) is 5.56 Å². The first-order chi connectivity index (χ1) is 10.8. The van der Waals surface area contributed by atoms with Gasteiger partial charge in [0.2, 0.25) is 0 Å². The average molecular weight is 307 g/mol. The summed E-state index contributed by atoms with van der Waals surface area (Å²) in [7, 11) is 0. The van der Waals surface area contributed by atoms with Crippen LogP contribution in [0.4, 0.5) is 0 Å². The molecule has 0 atom stereocenters. The zero-order valence-corrected chi connectivity index (χ0v) is 13.9. The molecule has 0 aromatic heterocycles. The summed E-state index contributed by atoms with van der Waals surface area (Å²) in [5, 5.41) is 6.89. The first kappa shape index (κ1) is 17.1. The predicted molar refractivity (Wildman–Crippen MR) is 89.8 cm³/mol. The maximum Gasteiger partial charge on any atom is 0.161 e. The van der Waals surface area contributed by atoms with Gasteiger partial charge in [0, 0.05) is 45.8 Å². The lowest BCUT2D eigenvalue weighted by Gasteiger charge is -2.27. The molecule has 1 fully saturated rings. The first-order valence-corrected chi connectivity index (χ1v) is 8.35. The zero-order valence-electron chi connectivity index (χ0n) is 13.9. The van der Waals surface area contributed by atoms with Crippen LogP contribution in [0.3, 0.4) is 0 Å². The third-order valence-electron chi connectivity index (χ3n) is 3.75. The Bertz CT molecular complexity index is 434. The Labute approximate surface area is 134 Å². The fourth-order valence-corrected chi connectivity index (χ4v) is 2.61. The maximum absolute atomic E-state index is 5.66. The summed E-state index contributed by atoms with van der Waals surface area (Å²) in [5.41, 5.74) is 1.23. The van der Waals surface area contributed by atoms with Crippen LogP contribution < -0.4 is 20.1 Å². The van der Waals surface area contributed by atoms with Crippen molar-refractivity contribution >= 4 is 0 Å². The van der Waals surface area contributed by atoms with E-state index >= 15 is 0 Å². The van der Waals surface area contributed by atoms with Crippen molar-refractivity contribution in [1.29, 1.82) is 0 Å². The van der Waals surface area contributed by atoms with Gasteiger partial charge >= 0.3 is 0 Å². The molecule has 0 amide bonds. The Morgan fingerprint density at radius 2 is 1.82 bits per heavy atom. The van der Waals surface area contributed by atoms with Gasteiger partial charge in [-0.25, -0.2) is 0 Å². The van der Waals surface area contributed by atoms with Crippen LogP contribution in [0.25, 0.3) is 0 Å². The molecule has 0 unspecified atom stereocenters. The molecule has 1 heterocycles. The molecule has 1 aromatic rings. The van der Waals surface area contributed by atoms with Crippen LogP contribution in [0.15, 0.2) is 18.2 Å². The molecule has 124 valence electrons. The molecule has 1 aliphatic rings. The molecule has 2 N–H and O–H groups in total. The highest BCUT2D eigenvalue weighted by atomic mass is 16.5. The van der Waals surface area contributed by atoms with Crippen LogP contribution in [-0.2, 0) is 6.54 Å². The van der Waals surface area contributed by atoms with E-state index in [-0.39, 0.29) is 0 Å². The number of nitrogens with one attached hydrogen (secondary N) is 2. The second kappa shape index (κ2) is 9.66. The minimum absolute atomic E-state index is 0.653. The molecule has 1 saturated heterocycles.